The van der Waals surface area contributed by atoms with Crippen LogP contribution in [0.5, 0.6) is 11.5 Å². The Labute approximate surface area is 331 Å². The van der Waals surface area contributed by atoms with Crippen LogP contribution >= 0.6 is 11.3 Å². The average Bonchev–Trinajstić information content (AvgIpc) is 4.07. The molecule has 296 valence electrons. The van der Waals surface area contributed by atoms with E-state index in [0.29, 0.717) is 40.7 Å². The molecular weight excluding hydrogens is 753 g/mol. The normalized spacial score (nSPS) is 22.6. The number of hydrogen-bond donors (Lipinski definition) is 3. The van der Waals surface area contributed by atoms with Crippen LogP contribution in [0.15, 0.2) is 72.6 Å². The molecule has 2 aromatic heterocycles. The Hall–Kier alpha value is -5.02. The molecule has 56 heavy (non-hydrogen) atoms. The fourth-order valence-corrected chi connectivity index (χ4v) is 9.39. The summed E-state index contributed by atoms with van der Waals surface area (Å²) in [5, 5.41) is 8.87. The third-order valence-electron chi connectivity index (χ3n) is 10.7. The van der Waals surface area contributed by atoms with Gasteiger partial charge in [0, 0.05) is 40.8 Å². The summed E-state index contributed by atoms with van der Waals surface area (Å²) in [6.45, 7) is 11.7. The Morgan fingerprint density at radius 1 is 1.11 bits per heavy atom. The zero-order chi connectivity index (χ0) is 40.0. The van der Waals surface area contributed by atoms with Crippen LogP contribution in [0, 0.1) is 11.3 Å². The second-order valence-corrected chi connectivity index (χ2v) is 18.7. The molecule has 1 saturated heterocycles. The van der Waals surface area contributed by atoms with Gasteiger partial charge in [0.25, 0.3) is 5.91 Å². The van der Waals surface area contributed by atoms with Crippen LogP contribution in [-0.2, 0) is 30.8 Å². The predicted molar refractivity (Wildman–Crippen MR) is 216 cm³/mol. The smallest absolute Gasteiger partial charge is 0.259 e. The number of methoxy groups -OCH3 is 1. The maximum Gasteiger partial charge on any atom is 0.259 e. The van der Waals surface area contributed by atoms with E-state index in [2.05, 4.69) is 26.9 Å². The summed E-state index contributed by atoms with van der Waals surface area (Å²) in [6.07, 6.45) is 2.87. The Bertz CT molecular complexity index is 2270. The summed E-state index contributed by atoms with van der Waals surface area (Å²) in [6, 6.07) is 15.2. The lowest BCUT2D eigenvalue weighted by molar-refractivity contribution is -0.141. The highest BCUT2D eigenvalue weighted by atomic mass is 32.2. The number of nitrogens with one attached hydrogen (secondary N) is 3. The van der Waals surface area contributed by atoms with Crippen molar-refractivity contribution in [3.63, 3.8) is 0 Å². The molecule has 0 radical (unpaired) electrons. The third-order valence-corrected chi connectivity index (χ3v) is 13.4. The van der Waals surface area contributed by atoms with Crippen LogP contribution in [0.3, 0.4) is 0 Å². The average molecular weight is 801 g/mol. The van der Waals surface area contributed by atoms with Crippen LogP contribution in [0.25, 0.3) is 22.2 Å². The van der Waals surface area contributed by atoms with Gasteiger partial charge in [-0.25, -0.2) is 18.4 Å². The van der Waals surface area contributed by atoms with Gasteiger partial charge in [-0.05, 0) is 43.2 Å². The Balaban J connectivity index is 1.22. The highest BCUT2D eigenvalue weighted by molar-refractivity contribution is 7.91. The van der Waals surface area contributed by atoms with Gasteiger partial charge in [-0.3, -0.25) is 19.1 Å². The topological polar surface area (TPSA) is 169 Å². The number of rotatable bonds is 14. The standard InChI is InChI=1S/C41H48N6O7S2/c1-7-25-21-41(25,38(50)46-56(51,52)29-15-16-29)45-36(48)33-19-28(22-47(33)37(49)35(40(3,4)5)44-39-42-26(8-2)23-55-39)54-34-20-31(24-12-10-9-11-13-24)43-32-18-27(53-6)14-17-30(32)34/h7,9-14,17-18,20,23,25,28-29,33,35H,1,8,15-16,19,21-22H2,2-6H3,(H,42,44)(H,45,48)(H,46,50)/t25-,28-,33?,35?,41-/m1/s1. The Morgan fingerprint density at radius 2 is 1.86 bits per heavy atom. The van der Waals surface area contributed by atoms with Crippen molar-refractivity contribution in [2.24, 2.45) is 11.3 Å². The number of pyridine rings is 1. The highest BCUT2D eigenvalue weighted by Gasteiger charge is 2.62. The van der Waals surface area contributed by atoms with Gasteiger partial charge in [-0.15, -0.1) is 17.9 Å². The Kier molecular flexibility index (Phi) is 10.6. The lowest BCUT2D eigenvalue weighted by Gasteiger charge is -2.35. The van der Waals surface area contributed by atoms with Gasteiger partial charge in [-0.1, -0.05) is 64.1 Å². The van der Waals surface area contributed by atoms with Crippen LogP contribution in [0.4, 0.5) is 5.13 Å². The number of carbonyl (C=O) groups is 3. The minimum absolute atomic E-state index is 0.0596. The van der Waals surface area contributed by atoms with Gasteiger partial charge in [0.05, 0.1) is 35.8 Å². The number of ether oxygens (including phenoxy) is 2. The molecule has 5 atom stereocenters. The van der Waals surface area contributed by atoms with E-state index >= 15 is 0 Å². The number of sulfonamides is 1. The molecule has 13 nitrogen and oxygen atoms in total. The SMILES string of the molecule is C=C[C@@H]1C[C@]1(NC(=O)C1C[C@@H](Oc2cc(-c3ccccc3)nc3cc(OC)ccc23)CN1C(=O)C(Nc1nc(CC)cs1)C(C)(C)C)C(=O)NS(=O)(=O)C1CC1. The van der Waals surface area contributed by atoms with E-state index in [1.165, 1.54) is 16.2 Å². The summed E-state index contributed by atoms with van der Waals surface area (Å²) in [7, 11) is -2.30. The van der Waals surface area contributed by atoms with E-state index < -0.39 is 62.1 Å². The molecule has 7 rings (SSSR count). The molecule has 2 saturated carbocycles. The minimum Gasteiger partial charge on any atom is -0.497 e. The lowest BCUT2D eigenvalue weighted by atomic mass is 9.85. The summed E-state index contributed by atoms with van der Waals surface area (Å²) < 4.78 is 40.0. The van der Waals surface area contributed by atoms with Gasteiger partial charge < -0.3 is 25.0 Å². The number of aryl methyl sites for hydroxylation is 1. The van der Waals surface area contributed by atoms with Crippen molar-refractivity contribution in [2.75, 3.05) is 19.0 Å². The van der Waals surface area contributed by atoms with E-state index in [4.69, 9.17) is 14.5 Å². The number of fused-ring (bicyclic) bond motifs is 1. The second kappa shape index (κ2) is 15.1. The van der Waals surface area contributed by atoms with Crippen LogP contribution in [0.1, 0.15) is 59.1 Å². The molecule has 2 aliphatic carbocycles. The minimum atomic E-state index is -3.88. The first-order valence-corrected chi connectivity index (χ1v) is 21.3. The molecule has 0 bridgehead atoms. The maximum atomic E-state index is 14.8. The number of aromatic nitrogens is 2. The molecule has 3 aliphatic rings. The molecule has 0 spiro atoms. The maximum absolute atomic E-state index is 14.8. The molecule has 2 unspecified atom stereocenters. The molecule has 3 N–H and O–H groups in total. The highest BCUT2D eigenvalue weighted by Crippen LogP contribution is 2.46. The monoisotopic (exact) mass is 800 g/mol. The first-order valence-electron chi connectivity index (χ1n) is 18.9. The van der Waals surface area contributed by atoms with Crippen molar-refractivity contribution in [1.29, 1.82) is 0 Å². The number of amides is 3. The van der Waals surface area contributed by atoms with Crippen LogP contribution < -0.4 is 24.8 Å². The van der Waals surface area contributed by atoms with Crippen molar-refractivity contribution in [1.82, 2.24) is 24.9 Å². The fourth-order valence-electron chi connectivity index (χ4n) is 7.20. The van der Waals surface area contributed by atoms with Gasteiger partial charge in [0.15, 0.2) is 5.13 Å². The molecule has 3 heterocycles. The van der Waals surface area contributed by atoms with Gasteiger partial charge in [-0.2, -0.15) is 0 Å². The number of benzene rings is 2. The van der Waals surface area contributed by atoms with E-state index in [-0.39, 0.29) is 25.3 Å². The number of anilines is 1. The molecule has 15 heteroatoms. The summed E-state index contributed by atoms with van der Waals surface area (Å²) in [5.41, 5.74) is 0.970. The number of likely N-dealkylation sites (tertiary alicyclic amines) is 1. The van der Waals surface area contributed by atoms with Gasteiger partial charge in [0.1, 0.15) is 35.2 Å². The first-order chi connectivity index (χ1) is 26.6. The third kappa shape index (κ3) is 7.97. The quantitative estimate of drug-likeness (QED) is 0.139. The number of thiazole rings is 1. The first kappa shape index (κ1) is 39.2. The second-order valence-electron chi connectivity index (χ2n) is 15.9. The van der Waals surface area contributed by atoms with Crippen molar-refractivity contribution >= 4 is 55.1 Å². The zero-order valence-electron chi connectivity index (χ0n) is 32.2. The molecular formula is C41H48N6O7S2. The predicted octanol–water partition coefficient (Wildman–Crippen LogP) is 5.47. The van der Waals surface area contributed by atoms with Gasteiger partial charge >= 0.3 is 0 Å². The van der Waals surface area contributed by atoms with Crippen molar-refractivity contribution in [2.45, 2.75) is 88.8 Å². The summed E-state index contributed by atoms with van der Waals surface area (Å²) >= 11 is 1.41. The fraction of sp³-hybridized carbons (Fsp3) is 0.439. The van der Waals surface area contributed by atoms with E-state index in [9.17, 15) is 22.8 Å². The summed E-state index contributed by atoms with van der Waals surface area (Å²) in [5.74, 6) is -1.07. The molecule has 3 fully saturated rings. The Morgan fingerprint density at radius 3 is 2.48 bits per heavy atom. The zero-order valence-corrected chi connectivity index (χ0v) is 33.8. The van der Waals surface area contributed by atoms with Crippen molar-refractivity contribution in [3.8, 4) is 22.8 Å². The molecule has 3 amide bonds. The molecule has 1 aliphatic heterocycles. The van der Waals surface area contributed by atoms with Gasteiger partial charge in [0.2, 0.25) is 21.8 Å². The van der Waals surface area contributed by atoms with E-state index in [1.54, 1.807) is 13.2 Å². The summed E-state index contributed by atoms with van der Waals surface area (Å²) in [4.78, 5) is 54.0. The number of nitrogens with zero attached hydrogens (tertiary/aromatic N) is 3. The number of carbonyl (C=O) groups excluding carboxylic acids is 3. The number of hydrogen-bond acceptors (Lipinski definition) is 11. The largest absolute Gasteiger partial charge is 0.497 e. The molecule has 4 aromatic rings. The lowest BCUT2D eigenvalue weighted by Crippen LogP contribution is -2.58. The van der Waals surface area contributed by atoms with Crippen LogP contribution in [-0.4, -0.2) is 83.6 Å². The molecule has 2 aromatic carbocycles. The van der Waals surface area contributed by atoms with Crippen molar-refractivity contribution in [3.05, 3.63) is 78.3 Å². The van der Waals surface area contributed by atoms with Crippen molar-refractivity contribution < 1.29 is 32.3 Å². The van der Waals surface area contributed by atoms with Crippen LogP contribution in [0.2, 0.25) is 0 Å². The van der Waals surface area contributed by atoms with E-state index in [1.807, 2.05) is 87.7 Å². The van der Waals surface area contributed by atoms with E-state index in [0.717, 1.165) is 23.1 Å².